The number of ether oxygens (including phenoxy) is 2. The van der Waals surface area contributed by atoms with E-state index in [2.05, 4.69) is 47.5 Å². The molecule has 288 valence electrons. The summed E-state index contributed by atoms with van der Waals surface area (Å²) in [6.45, 7) is 15.0. The first-order valence-electron chi connectivity index (χ1n) is 17.7. The van der Waals surface area contributed by atoms with Crippen molar-refractivity contribution in [2.45, 2.75) is 123 Å². The van der Waals surface area contributed by atoms with Gasteiger partial charge in [0, 0.05) is 17.3 Å². The summed E-state index contributed by atoms with van der Waals surface area (Å²) in [7, 11) is 1.16. The first-order chi connectivity index (χ1) is 24.2. The quantitative estimate of drug-likeness (QED) is 0.147. The summed E-state index contributed by atoms with van der Waals surface area (Å²) in [5.74, 6) is -3.88. The van der Waals surface area contributed by atoms with Crippen molar-refractivity contribution in [3.63, 3.8) is 0 Å². The summed E-state index contributed by atoms with van der Waals surface area (Å²) in [6.07, 6.45) is 1.20. The van der Waals surface area contributed by atoms with Crippen molar-refractivity contribution in [2.24, 2.45) is 11.3 Å². The fourth-order valence-electron chi connectivity index (χ4n) is 5.93. The number of fused-ring (bicyclic) bond motifs is 1. The molecule has 0 bridgehead atoms. The molecule has 0 spiro atoms. The smallest absolute Gasteiger partial charge is 0.329 e. The molecule has 2 aromatic rings. The Morgan fingerprint density at radius 3 is 2.08 bits per heavy atom. The second-order valence-electron chi connectivity index (χ2n) is 15.8. The lowest BCUT2D eigenvalue weighted by Crippen LogP contribution is -2.61. The van der Waals surface area contributed by atoms with Gasteiger partial charge in [0.2, 0.25) is 23.6 Å². The predicted octanol–water partition coefficient (Wildman–Crippen LogP) is 3.16. The number of aromatic nitrogens is 1. The van der Waals surface area contributed by atoms with Crippen molar-refractivity contribution in [1.82, 2.24) is 31.6 Å². The number of aromatic amines is 1. The van der Waals surface area contributed by atoms with Crippen molar-refractivity contribution < 1.29 is 38.2 Å². The van der Waals surface area contributed by atoms with Crippen LogP contribution in [0.15, 0.2) is 28.9 Å². The Morgan fingerprint density at radius 2 is 1.50 bits per heavy atom. The van der Waals surface area contributed by atoms with Crippen molar-refractivity contribution in [3.8, 4) is 0 Å². The van der Waals surface area contributed by atoms with Crippen LogP contribution < -0.4 is 26.6 Å². The number of carbonyl (C=O) groups is 6. The highest BCUT2D eigenvalue weighted by Crippen LogP contribution is 2.28. The highest BCUT2D eigenvalue weighted by atomic mass is 79.9. The Bertz CT molecular complexity index is 1610. The molecule has 2 heterocycles. The van der Waals surface area contributed by atoms with Crippen LogP contribution in [0.1, 0.15) is 86.6 Å². The Hall–Kier alpha value is -3.98. The second-order valence-corrected chi connectivity index (χ2v) is 16.5. The topological polar surface area (TPSA) is 197 Å². The summed E-state index contributed by atoms with van der Waals surface area (Å²) in [5, 5.41) is 15.1. The summed E-state index contributed by atoms with van der Waals surface area (Å²) >= 11 is 3.54. The van der Waals surface area contributed by atoms with Crippen LogP contribution in [0.5, 0.6) is 0 Å². The number of benzene rings is 1. The van der Waals surface area contributed by atoms with Gasteiger partial charge in [0.1, 0.15) is 29.8 Å². The summed E-state index contributed by atoms with van der Waals surface area (Å²) in [5.41, 5.74) is -0.144. The normalized spacial score (nSPS) is 17.1. The second kappa shape index (κ2) is 18.2. The fourth-order valence-corrected chi connectivity index (χ4v) is 6.51. The van der Waals surface area contributed by atoms with Crippen LogP contribution >= 0.6 is 15.9 Å². The molecule has 1 aliphatic heterocycles. The minimum absolute atomic E-state index is 0.0289. The third-order valence-electron chi connectivity index (χ3n) is 8.54. The van der Waals surface area contributed by atoms with E-state index in [0.717, 1.165) is 24.4 Å². The Labute approximate surface area is 314 Å². The molecule has 1 saturated heterocycles. The zero-order chi connectivity index (χ0) is 39.0. The molecule has 1 aromatic carbocycles. The molecule has 0 unspecified atom stereocenters. The molecule has 0 saturated carbocycles. The van der Waals surface area contributed by atoms with Crippen LogP contribution in [0.25, 0.3) is 10.9 Å². The standard InChI is InChI=1S/C37H55BrN6O8/c1-20(2)17-25(42-34(49)29(36(3,4)5)44-31(46)24-15-12-16-39-24)32(47)41-26(18-22-21-13-10-11-14-23(21)40-30(22)38)33(48)43-27(19-28(45)51-9)35(50)52-37(6,7)8/h10-11,13-14,20,24-27,29,39-40H,12,15-19H2,1-9H3,(H,41,47)(H,42,49)(H,43,48)(H,44,46)/t24-,25-,26+,27+,29-/m0/s1. The molecule has 1 fully saturated rings. The molecular weight excluding hydrogens is 736 g/mol. The lowest BCUT2D eigenvalue weighted by molar-refractivity contribution is -0.161. The van der Waals surface area contributed by atoms with E-state index in [1.807, 2.05) is 58.9 Å². The van der Waals surface area contributed by atoms with Gasteiger partial charge in [-0.25, -0.2) is 4.79 Å². The molecule has 14 nitrogen and oxygen atoms in total. The number of amides is 4. The van der Waals surface area contributed by atoms with Gasteiger partial charge in [0.25, 0.3) is 0 Å². The molecule has 1 aromatic heterocycles. The van der Waals surface area contributed by atoms with E-state index in [1.54, 1.807) is 20.8 Å². The summed E-state index contributed by atoms with van der Waals surface area (Å²) in [6, 6.07) is 2.30. The van der Waals surface area contributed by atoms with Gasteiger partial charge in [-0.1, -0.05) is 52.8 Å². The predicted molar refractivity (Wildman–Crippen MR) is 200 cm³/mol. The Balaban J connectivity index is 1.95. The average Bonchev–Trinajstić information content (AvgIpc) is 3.69. The largest absolute Gasteiger partial charge is 0.469 e. The zero-order valence-electron chi connectivity index (χ0n) is 31.7. The van der Waals surface area contributed by atoms with Gasteiger partial charge in [0.05, 0.1) is 24.2 Å². The van der Waals surface area contributed by atoms with Gasteiger partial charge in [-0.05, 0) is 85.5 Å². The monoisotopic (exact) mass is 790 g/mol. The SMILES string of the molecule is COC(=O)C[C@@H](NC(=O)[C@@H](Cc1c(Br)[nH]c2ccccc12)NC(=O)[C@H](CC(C)C)NC(=O)[C@H](NC(=O)[C@@H]1CCCN1)C(C)(C)C)C(=O)OC(C)(C)C. The first kappa shape index (κ1) is 42.4. The lowest BCUT2D eigenvalue weighted by Gasteiger charge is -2.33. The van der Waals surface area contributed by atoms with Gasteiger partial charge < -0.3 is 41.0 Å². The molecule has 5 atom stereocenters. The van der Waals surface area contributed by atoms with Crippen molar-refractivity contribution >= 4 is 62.4 Å². The van der Waals surface area contributed by atoms with E-state index in [4.69, 9.17) is 9.47 Å². The van der Waals surface area contributed by atoms with Crippen LogP contribution in [0.2, 0.25) is 0 Å². The van der Waals surface area contributed by atoms with Gasteiger partial charge in [0.15, 0.2) is 0 Å². The number of hydrogen-bond acceptors (Lipinski definition) is 9. The zero-order valence-corrected chi connectivity index (χ0v) is 33.2. The maximum Gasteiger partial charge on any atom is 0.329 e. The molecule has 52 heavy (non-hydrogen) atoms. The minimum Gasteiger partial charge on any atom is -0.469 e. The molecule has 0 radical (unpaired) electrons. The number of rotatable bonds is 15. The van der Waals surface area contributed by atoms with Crippen LogP contribution in [-0.4, -0.2) is 90.0 Å². The highest BCUT2D eigenvalue weighted by molar-refractivity contribution is 9.10. The first-order valence-corrected chi connectivity index (χ1v) is 18.5. The molecular formula is C37H55BrN6O8. The molecule has 4 amide bonds. The summed E-state index contributed by atoms with van der Waals surface area (Å²) < 4.78 is 10.8. The van der Waals surface area contributed by atoms with Crippen LogP contribution in [0, 0.1) is 11.3 Å². The van der Waals surface area contributed by atoms with Crippen LogP contribution in [0.3, 0.4) is 0 Å². The molecule has 0 aliphatic carbocycles. The van der Waals surface area contributed by atoms with Crippen LogP contribution in [-0.2, 0) is 44.7 Å². The molecule has 1 aliphatic rings. The lowest BCUT2D eigenvalue weighted by atomic mass is 9.85. The number of methoxy groups -OCH3 is 1. The third kappa shape index (κ3) is 12.3. The van der Waals surface area contributed by atoms with Crippen molar-refractivity contribution in [2.75, 3.05) is 13.7 Å². The summed E-state index contributed by atoms with van der Waals surface area (Å²) in [4.78, 5) is 83.9. The van der Waals surface area contributed by atoms with Crippen LogP contribution in [0.4, 0.5) is 0 Å². The maximum atomic E-state index is 14.2. The van der Waals surface area contributed by atoms with E-state index >= 15 is 0 Å². The minimum atomic E-state index is -1.42. The average molecular weight is 792 g/mol. The van der Waals surface area contributed by atoms with Gasteiger partial charge >= 0.3 is 11.9 Å². The van der Waals surface area contributed by atoms with E-state index in [9.17, 15) is 28.8 Å². The van der Waals surface area contributed by atoms with E-state index in [0.29, 0.717) is 23.1 Å². The fraction of sp³-hybridized carbons (Fsp3) is 0.622. The number of nitrogens with one attached hydrogen (secondary N) is 6. The van der Waals surface area contributed by atoms with E-state index in [1.165, 1.54) is 0 Å². The number of carbonyl (C=O) groups excluding carboxylic acids is 6. The number of H-pyrrole nitrogens is 1. The maximum absolute atomic E-state index is 14.2. The van der Waals surface area contributed by atoms with Gasteiger partial charge in [-0.2, -0.15) is 0 Å². The molecule has 15 heteroatoms. The molecule has 3 rings (SSSR count). The van der Waals surface area contributed by atoms with Gasteiger partial charge in [-0.15, -0.1) is 0 Å². The Morgan fingerprint density at radius 1 is 0.885 bits per heavy atom. The highest BCUT2D eigenvalue weighted by Gasteiger charge is 2.38. The van der Waals surface area contributed by atoms with E-state index < -0.39 is 77.3 Å². The number of para-hydroxylation sites is 1. The number of halogens is 1. The van der Waals surface area contributed by atoms with Crippen molar-refractivity contribution in [3.05, 3.63) is 34.4 Å². The number of esters is 2. The van der Waals surface area contributed by atoms with E-state index in [-0.39, 0.29) is 24.7 Å². The van der Waals surface area contributed by atoms with Crippen molar-refractivity contribution in [1.29, 1.82) is 0 Å². The molecule has 6 N–H and O–H groups in total. The Kier molecular flexibility index (Phi) is 14.8. The third-order valence-corrected chi connectivity index (χ3v) is 9.22. The van der Waals surface area contributed by atoms with Gasteiger partial charge in [-0.3, -0.25) is 24.0 Å². The number of hydrogen-bond donors (Lipinski definition) is 6.